The highest BCUT2D eigenvalue weighted by Gasteiger charge is 1.84. The normalized spacial score (nSPS) is 8.14. The molecular formula is C5H8OSi. The summed E-state index contributed by atoms with van der Waals surface area (Å²) in [6.07, 6.45) is 1.70. The fraction of sp³-hybridized carbons (Fsp3) is 0.200. The van der Waals surface area contributed by atoms with Crippen LogP contribution < -0.4 is 0 Å². The Balaban J connectivity index is 3.17. The molecule has 7 heavy (non-hydrogen) atoms. The lowest BCUT2D eigenvalue weighted by molar-refractivity contribution is 0.448. The largest absolute Gasteiger partial charge is 0.415 e. The third-order valence-electron chi connectivity index (χ3n) is 0.480. The summed E-state index contributed by atoms with van der Waals surface area (Å²) in [5.41, 5.74) is 0. The molecule has 0 N–H and O–H groups in total. The Morgan fingerprint density at radius 2 is 2.43 bits per heavy atom. The molecule has 0 rings (SSSR count). The van der Waals surface area contributed by atoms with Crippen LogP contribution in [-0.2, 0) is 4.43 Å². The maximum absolute atomic E-state index is 4.75. The Bertz CT molecular complexity index is 78.1. The average Bonchev–Trinajstić information content (AvgIpc) is 1.68. The van der Waals surface area contributed by atoms with Gasteiger partial charge in [-0.3, -0.25) is 0 Å². The Kier molecular flexibility index (Phi) is 3.65. The molecule has 2 radical (unpaired) electrons. The van der Waals surface area contributed by atoms with Crippen molar-refractivity contribution in [3.05, 3.63) is 24.4 Å². The molecule has 0 aromatic carbocycles. The first kappa shape index (κ1) is 6.66. The van der Waals surface area contributed by atoms with E-state index in [0.717, 1.165) is 5.20 Å². The van der Waals surface area contributed by atoms with Crippen molar-refractivity contribution in [2.24, 2.45) is 0 Å². The lowest BCUT2D eigenvalue weighted by atomic mass is 10.6. The fourth-order valence-electron chi connectivity index (χ4n) is 0.173. The highest BCUT2D eigenvalue weighted by molar-refractivity contribution is 6.38. The van der Waals surface area contributed by atoms with Crippen LogP contribution in [0.15, 0.2) is 24.4 Å². The number of rotatable bonds is 3. The molecular weight excluding hydrogens is 104 g/mol. The molecule has 0 aliphatic heterocycles. The van der Waals surface area contributed by atoms with Crippen LogP contribution in [0.1, 0.15) is 0 Å². The van der Waals surface area contributed by atoms with Gasteiger partial charge in [-0.05, 0) is 5.20 Å². The Morgan fingerprint density at radius 1 is 1.86 bits per heavy atom. The van der Waals surface area contributed by atoms with Crippen molar-refractivity contribution in [1.82, 2.24) is 0 Å². The summed E-state index contributed by atoms with van der Waals surface area (Å²) in [4.78, 5) is 0. The van der Waals surface area contributed by atoms with E-state index in [2.05, 4.69) is 13.2 Å². The van der Waals surface area contributed by atoms with Crippen molar-refractivity contribution in [3.63, 3.8) is 0 Å². The van der Waals surface area contributed by atoms with Gasteiger partial charge >= 0.3 is 0 Å². The molecule has 0 aromatic heterocycles. The molecule has 0 atom stereocenters. The second-order valence-electron chi connectivity index (χ2n) is 1.04. The van der Waals surface area contributed by atoms with Crippen LogP contribution in [0, 0.1) is 0 Å². The van der Waals surface area contributed by atoms with Gasteiger partial charge in [0.15, 0.2) is 0 Å². The van der Waals surface area contributed by atoms with Crippen molar-refractivity contribution in [1.29, 1.82) is 0 Å². The molecule has 0 saturated heterocycles. The number of allylic oxidation sites excluding steroid dienone is 2. The van der Waals surface area contributed by atoms with Gasteiger partial charge in [-0.1, -0.05) is 19.2 Å². The van der Waals surface area contributed by atoms with E-state index in [1.54, 1.807) is 13.2 Å². The first-order chi connectivity index (χ1) is 3.31. The summed E-state index contributed by atoms with van der Waals surface area (Å²) in [6, 6.07) is 0. The van der Waals surface area contributed by atoms with Gasteiger partial charge in [-0.15, -0.1) is 0 Å². The number of hydrogen-bond acceptors (Lipinski definition) is 1. The fourth-order valence-corrected chi connectivity index (χ4v) is 0.518. The van der Waals surface area contributed by atoms with Gasteiger partial charge in [0, 0.05) is 7.11 Å². The van der Waals surface area contributed by atoms with Crippen LogP contribution in [0.5, 0.6) is 0 Å². The molecule has 0 bridgehead atoms. The highest BCUT2D eigenvalue weighted by Crippen LogP contribution is 1.84. The van der Waals surface area contributed by atoms with Crippen molar-refractivity contribution >= 4 is 9.76 Å². The highest BCUT2D eigenvalue weighted by atomic mass is 28.2. The average molecular weight is 112 g/mol. The van der Waals surface area contributed by atoms with Crippen LogP contribution in [-0.4, -0.2) is 16.9 Å². The van der Waals surface area contributed by atoms with Crippen molar-refractivity contribution in [3.8, 4) is 0 Å². The predicted octanol–water partition coefficient (Wildman–Crippen LogP) is 0.952. The molecule has 2 heteroatoms. The van der Waals surface area contributed by atoms with Gasteiger partial charge in [-0.2, -0.15) is 0 Å². The van der Waals surface area contributed by atoms with Gasteiger partial charge in [-0.25, -0.2) is 0 Å². The summed E-state index contributed by atoms with van der Waals surface area (Å²) < 4.78 is 4.75. The van der Waals surface area contributed by atoms with E-state index in [0.29, 0.717) is 9.76 Å². The Hall–Kier alpha value is -0.343. The third-order valence-corrected chi connectivity index (χ3v) is 1.15. The van der Waals surface area contributed by atoms with E-state index < -0.39 is 0 Å². The summed E-state index contributed by atoms with van der Waals surface area (Å²) in [6.45, 7) is 7.14. The van der Waals surface area contributed by atoms with Crippen LogP contribution in [0.4, 0.5) is 0 Å². The second-order valence-corrected chi connectivity index (χ2v) is 2.29. The minimum absolute atomic E-state index is 0.376. The maximum atomic E-state index is 4.75. The summed E-state index contributed by atoms with van der Waals surface area (Å²) >= 11 is 0. The second kappa shape index (κ2) is 3.83. The number of hydrogen-bond donors (Lipinski definition) is 0. The quantitative estimate of drug-likeness (QED) is 0.390. The minimum Gasteiger partial charge on any atom is -0.415 e. The molecule has 0 fully saturated rings. The zero-order valence-electron chi connectivity index (χ0n) is 4.40. The molecule has 0 unspecified atom stereocenters. The van der Waals surface area contributed by atoms with E-state index >= 15 is 0 Å². The van der Waals surface area contributed by atoms with Gasteiger partial charge < -0.3 is 4.43 Å². The Labute approximate surface area is 46.6 Å². The Morgan fingerprint density at radius 3 is 2.57 bits per heavy atom. The zero-order valence-corrected chi connectivity index (χ0v) is 5.40. The summed E-state index contributed by atoms with van der Waals surface area (Å²) in [7, 11) is 2.02. The third kappa shape index (κ3) is 3.49. The lowest BCUT2D eigenvalue weighted by Gasteiger charge is -1.88. The summed E-state index contributed by atoms with van der Waals surface area (Å²) in [5, 5.41) is 0.947. The smallest absolute Gasteiger partial charge is 0.267 e. The molecule has 0 aromatic rings. The monoisotopic (exact) mass is 112 g/mol. The van der Waals surface area contributed by atoms with Crippen LogP contribution in [0.25, 0.3) is 0 Å². The van der Waals surface area contributed by atoms with E-state index in [4.69, 9.17) is 4.43 Å². The molecule has 1 nitrogen and oxygen atoms in total. The predicted molar refractivity (Wildman–Crippen MR) is 32.1 cm³/mol. The molecule has 38 valence electrons. The standard InChI is InChI=1S/C5H8OSi/c1-4-5(2)7-6-3/h4H,1-2H2,3H3. The van der Waals surface area contributed by atoms with E-state index in [-0.39, 0.29) is 0 Å². The molecule has 0 spiro atoms. The van der Waals surface area contributed by atoms with Crippen LogP contribution in [0.2, 0.25) is 0 Å². The van der Waals surface area contributed by atoms with Gasteiger partial charge in [0.2, 0.25) is 0 Å². The molecule has 0 saturated carbocycles. The topological polar surface area (TPSA) is 9.23 Å². The van der Waals surface area contributed by atoms with Gasteiger partial charge in [0.25, 0.3) is 9.76 Å². The SMILES string of the molecule is C=CC(=C)[Si]OC. The van der Waals surface area contributed by atoms with Crippen LogP contribution >= 0.6 is 0 Å². The molecule has 0 aliphatic carbocycles. The summed E-state index contributed by atoms with van der Waals surface area (Å²) in [5.74, 6) is 0. The van der Waals surface area contributed by atoms with E-state index in [1.807, 2.05) is 0 Å². The van der Waals surface area contributed by atoms with Crippen LogP contribution in [0.3, 0.4) is 0 Å². The first-order valence-electron chi connectivity index (χ1n) is 1.91. The zero-order chi connectivity index (χ0) is 5.70. The van der Waals surface area contributed by atoms with Gasteiger partial charge in [0.1, 0.15) is 0 Å². The van der Waals surface area contributed by atoms with Crippen molar-refractivity contribution in [2.75, 3.05) is 7.11 Å². The lowest BCUT2D eigenvalue weighted by Crippen LogP contribution is -1.93. The van der Waals surface area contributed by atoms with Crippen molar-refractivity contribution in [2.45, 2.75) is 0 Å². The molecule has 0 aliphatic rings. The maximum Gasteiger partial charge on any atom is 0.267 e. The van der Waals surface area contributed by atoms with Crippen molar-refractivity contribution < 1.29 is 4.43 Å². The molecule has 0 heterocycles. The first-order valence-corrected chi connectivity index (χ1v) is 2.82. The van der Waals surface area contributed by atoms with E-state index in [1.165, 1.54) is 0 Å². The molecule has 0 amide bonds. The van der Waals surface area contributed by atoms with E-state index in [9.17, 15) is 0 Å². The van der Waals surface area contributed by atoms with Gasteiger partial charge in [0.05, 0.1) is 0 Å². The minimum atomic E-state index is 0.376.